The molecule has 2 fully saturated rings. The Hall–Kier alpha value is -0.400. The van der Waals surface area contributed by atoms with Gasteiger partial charge in [0.15, 0.2) is 0 Å². The molecule has 3 atom stereocenters. The fourth-order valence-electron chi connectivity index (χ4n) is 2.70. The molecule has 3 unspecified atom stereocenters. The third-order valence-electron chi connectivity index (χ3n) is 3.28. The first-order valence-corrected chi connectivity index (χ1v) is 5.28. The second-order valence-corrected chi connectivity index (χ2v) is 4.25. The van der Waals surface area contributed by atoms with Gasteiger partial charge in [0, 0.05) is 0 Å². The molecule has 0 amide bonds. The fourth-order valence-corrected chi connectivity index (χ4v) is 3.01. The molecule has 2 aliphatic rings. The highest BCUT2D eigenvalue weighted by Gasteiger charge is 2.52. The Balaban J connectivity index is 2.31. The average Bonchev–Trinajstić information content (AvgIpc) is 2.63. The number of fused-ring (bicyclic) bond motifs is 2. The van der Waals surface area contributed by atoms with E-state index < -0.39 is 0 Å². The maximum Gasteiger partial charge on any atom is 0.0944 e. The number of hydrogen-bond donors (Lipinski definition) is 0. The van der Waals surface area contributed by atoms with E-state index in [9.17, 15) is 0 Å². The van der Waals surface area contributed by atoms with Crippen molar-refractivity contribution in [1.82, 2.24) is 0 Å². The van der Waals surface area contributed by atoms with Crippen molar-refractivity contribution in [3.8, 4) is 0 Å². The minimum atomic E-state index is -0.0573. The molecule has 2 nitrogen and oxygen atoms in total. The summed E-state index contributed by atoms with van der Waals surface area (Å²) in [5.41, 5.74) is -0.0573. The predicted molar refractivity (Wildman–Crippen MR) is 58.5 cm³/mol. The highest BCUT2D eigenvalue weighted by molar-refractivity contribution is 7.78. The molecule has 0 aromatic heterocycles. The van der Waals surface area contributed by atoms with Gasteiger partial charge in [-0.2, -0.15) is 0 Å². The zero-order chi connectivity index (χ0) is 9.31. The lowest BCUT2D eigenvalue weighted by molar-refractivity contribution is 0.368. The summed E-state index contributed by atoms with van der Waals surface area (Å²) >= 11 is 9.31. The lowest BCUT2D eigenvalue weighted by Crippen LogP contribution is -2.33. The molecular formula is C9H10N2S2. The van der Waals surface area contributed by atoms with E-state index in [1.165, 1.54) is 6.42 Å². The van der Waals surface area contributed by atoms with Crippen LogP contribution in [-0.2, 0) is 0 Å². The molecule has 4 heteroatoms. The van der Waals surface area contributed by atoms with E-state index in [0.29, 0.717) is 0 Å². The van der Waals surface area contributed by atoms with Gasteiger partial charge in [-0.1, -0.05) is 0 Å². The minimum absolute atomic E-state index is 0.0573. The Morgan fingerprint density at radius 2 is 2.15 bits per heavy atom. The molecule has 13 heavy (non-hydrogen) atoms. The van der Waals surface area contributed by atoms with Crippen LogP contribution in [0, 0.1) is 5.92 Å². The summed E-state index contributed by atoms with van der Waals surface area (Å²) in [5, 5.41) is 4.97. The molecule has 0 saturated heterocycles. The van der Waals surface area contributed by atoms with E-state index in [-0.39, 0.29) is 11.6 Å². The molecule has 2 bridgehead atoms. The van der Waals surface area contributed by atoms with E-state index in [1.54, 1.807) is 0 Å². The third kappa shape index (κ3) is 1.40. The average molecular weight is 210 g/mol. The molecule has 0 heterocycles. The van der Waals surface area contributed by atoms with Gasteiger partial charge in [0.2, 0.25) is 0 Å². The first-order chi connectivity index (χ1) is 6.30. The summed E-state index contributed by atoms with van der Waals surface area (Å²) < 4.78 is 0. The lowest BCUT2D eigenvalue weighted by Gasteiger charge is -2.25. The van der Waals surface area contributed by atoms with Gasteiger partial charge in [-0.3, -0.25) is 0 Å². The molecule has 0 aromatic rings. The fraction of sp³-hybridized carbons (Fsp3) is 0.778. The monoisotopic (exact) mass is 210 g/mol. The van der Waals surface area contributed by atoms with Gasteiger partial charge in [-0.05, 0) is 56.0 Å². The molecule has 2 aliphatic carbocycles. The SMILES string of the molecule is S=C=NC1CC2CCC1(N=C=S)C2. The normalized spacial score (nSPS) is 40.9. The van der Waals surface area contributed by atoms with Crippen LogP contribution in [0.1, 0.15) is 25.7 Å². The number of rotatable bonds is 2. The van der Waals surface area contributed by atoms with Crippen LogP contribution in [0.25, 0.3) is 0 Å². The second kappa shape index (κ2) is 3.39. The van der Waals surface area contributed by atoms with E-state index in [4.69, 9.17) is 0 Å². The van der Waals surface area contributed by atoms with Gasteiger partial charge in [-0.15, -0.1) is 0 Å². The van der Waals surface area contributed by atoms with Crippen LogP contribution in [0.4, 0.5) is 0 Å². The van der Waals surface area contributed by atoms with E-state index in [1.807, 2.05) is 0 Å². The van der Waals surface area contributed by atoms with Gasteiger partial charge in [0.1, 0.15) is 0 Å². The largest absolute Gasteiger partial charge is 0.227 e. The zero-order valence-corrected chi connectivity index (χ0v) is 8.83. The van der Waals surface area contributed by atoms with E-state index >= 15 is 0 Å². The highest BCUT2D eigenvalue weighted by Crippen LogP contribution is 2.51. The van der Waals surface area contributed by atoms with Gasteiger partial charge in [0.25, 0.3) is 0 Å². The summed E-state index contributed by atoms with van der Waals surface area (Å²) in [6.45, 7) is 0. The Labute approximate surface area is 88.2 Å². The summed E-state index contributed by atoms with van der Waals surface area (Å²) in [6.07, 6.45) is 4.56. The first kappa shape index (κ1) is 9.17. The topological polar surface area (TPSA) is 24.7 Å². The van der Waals surface area contributed by atoms with E-state index in [0.717, 1.165) is 25.2 Å². The maximum atomic E-state index is 4.68. The summed E-state index contributed by atoms with van der Waals surface area (Å²) in [7, 11) is 0. The predicted octanol–water partition coefficient (Wildman–Crippen LogP) is 2.50. The first-order valence-electron chi connectivity index (χ1n) is 4.47. The Morgan fingerprint density at radius 1 is 1.31 bits per heavy atom. The molecule has 68 valence electrons. The molecule has 0 aliphatic heterocycles. The van der Waals surface area contributed by atoms with Crippen molar-refractivity contribution >= 4 is 34.8 Å². The number of aliphatic imine (C=N–C) groups is 2. The van der Waals surface area contributed by atoms with Crippen LogP contribution < -0.4 is 0 Å². The highest BCUT2D eigenvalue weighted by atomic mass is 32.1. The van der Waals surface area contributed by atoms with Crippen LogP contribution in [0.5, 0.6) is 0 Å². The Bertz CT molecular complexity index is 316. The quantitative estimate of drug-likeness (QED) is 0.517. The van der Waals surface area contributed by atoms with Gasteiger partial charge in [0.05, 0.1) is 21.9 Å². The van der Waals surface area contributed by atoms with Crippen molar-refractivity contribution in [3.05, 3.63) is 0 Å². The van der Waals surface area contributed by atoms with Crippen LogP contribution >= 0.6 is 24.4 Å². The molecule has 2 saturated carbocycles. The number of nitrogens with zero attached hydrogens (tertiary/aromatic N) is 2. The second-order valence-electron chi connectivity index (χ2n) is 3.89. The summed E-state index contributed by atoms with van der Waals surface area (Å²) in [4.78, 5) is 8.48. The van der Waals surface area contributed by atoms with Gasteiger partial charge in [-0.25, -0.2) is 9.98 Å². The number of hydrogen-bond acceptors (Lipinski definition) is 4. The van der Waals surface area contributed by atoms with Gasteiger partial charge < -0.3 is 0 Å². The number of thiocarbonyl (C=S) groups is 2. The maximum absolute atomic E-state index is 4.68. The summed E-state index contributed by atoms with van der Waals surface area (Å²) in [5.74, 6) is 0.768. The van der Waals surface area contributed by atoms with Crippen LogP contribution in [-0.4, -0.2) is 21.9 Å². The standard InChI is InChI=1S/C9H10N2S2/c12-5-10-8-3-7-1-2-9(8,4-7)11-6-13/h7-8H,1-4H2. The van der Waals surface area contributed by atoms with E-state index in [2.05, 4.69) is 44.7 Å². The van der Waals surface area contributed by atoms with Crippen molar-refractivity contribution in [2.24, 2.45) is 15.9 Å². The van der Waals surface area contributed by atoms with Crippen molar-refractivity contribution in [2.45, 2.75) is 37.3 Å². The number of isothiocyanates is 2. The summed E-state index contributed by atoms with van der Waals surface area (Å²) in [6, 6.07) is 0.221. The molecular weight excluding hydrogens is 200 g/mol. The van der Waals surface area contributed by atoms with Crippen LogP contribution in [0.15, 0.2) is 9.98 Å². The minimum Gasteiger partial charge on any atom is -0.227 e. The Morgan fingerprint density at radius 3 is 2.77 bits per heavy atom. The van der Waals surface area contributed by atoms with Crippen LogP contribution in [0.2, 0.25) is 0 Å². The van der Waals surface area contributed by atoms with Crippen LogP contribution in [0.3, 0.4) is 0 Å². The Kier molecular flexibility index (Phi) is 2.39. The van der Waals surface area contributed by atoms with Crippen molar-refractivity contribution in [1.29, 1.82) is 0 Å². The van der Waals surface area contributed by atoms with Crippen molar-refractivity contribution < 1.29 is 0 Å². The molecule has 0 radical (unpaired) electrons. The molecule has 0 aromatic carbocycles. The zero-order valence-electron chi connectivity index (χ0n) is 7.19. The van der Waals surface area contributed by atoms with Gasteiger partial charge >= 0.3 is 0 Å². The third-order valence-corrected chi connectivity index (χ3v) is 3.48. The molecule has 0 spiro atoms. The smallest absolute Gasteiger partial charge is 0.0944 e. The van der Waals surface area contributed by atoms with Crippen molar-refractivity contribution in [3.63, 3.8) is 0 Å². The molecule has 0 N–H and O–H groups in total. The lowest BCUT2D eigenvalue weighted by atomic mass is 9.89. The van der Waals surface area contributed by atoms with Crippen molar-refractivity contribution in [2.75, 3.05) is 0 Å². The molecule has 2 rings (SSSR count).